The molecule has 0 atom stereocenters. The summed E-state index contributed by atoms with van der Waals surface area (Å²) >= 11 is 0. The van der Waals surface area contributed by atoms with Crippen LogP contribution >= 0.6 is 0 Å². The van der Waals surface area contributed by atoms with E-state index >= 15 is 0 Å². The number of anilines is 1. The van der Waals surface area contributed by atoms with Gasteiger partial charge >= 0.3 is 5.69 Å². The highest BCUT2D eigenvalue weighted by Crippen LogP contribution is 2.11. The van der Waals surface area contributed by atoms with Gasteiger partial charge in [0.1, 0.15) is 5.82 Å². The van der Waals surface area contributed by atoms with Crippen molar-refractivity contribution >= 4 is 5.82 Å². The second-order valence-corrected chi connectivity index (χ2v) is 4.60. The van der Waals surface area contributed by atoms with Gasteiger partial charge in [-0.05, 0) is 24.3 Å². The average Bonchev–Trinajstić information content (AvgIpc) is 2.56. The third-order valence-electron chi connectivity index (χ3n) is 3.25. The summed E-state index contributed by atoms with van der Waals surface area (Å²) in [6, 6.07) is 18.6. The molecule has 6 heteroatoms. The fraction of sp³-hybridized carbons (Fsp3) is 0. The lowest BCUT2D eigenvalue weighted by molar-refractivity contribution is 0.382. The molecule has 0 aliphatic carbocycles. The number of aromatic nitrogens is 2. The highest BCUT2D eigenvalue weighted by molar-refractivity contribution is 5.45. The lowest BCUT2D eigenvalue weighted by Crippen LogP contribution is -2.38. The summed E-state index contributed by atoms with van der Waals surface area (Å²) in [5.41, 5.74) is 1.81. The van der Waals surface area contributed by atoms with E-state index in [0.29, 0.717) is 11.4 Å². The van der Waals surface area contributed by atoms with Crippen LogP contribution < -0.4 is 16.7 Å². The van der Waals surface area contributed by atoms with Crippen molar-refractivity contribution in [1.82, 2.24) is 9.13 Å². The number of hydrogen-bond donors (Lipinski definition) is 2. The van der Waals surface area contributed by atoms with Crippen LogP contribution in [0.3, 0.4) is 0 Å². The number of benzene rings is 2. The third kappa shape index (κ3) is 2.32. The van der Waals surface area contributed by atoms with Gasteiger partial charge in [-0.2, -0.15) is 0 Å². The molecule has 110 valence electrons. The van der Waals surface area contributed by atoms with E-state index in [1.54, 1.807) is 54.6 Å². The van der Waals surface area contributed by atoms with Gasteiger partial charge in [-0.3, -0.25) is 15.5 Å². The SMILES string of the molecule is O=c1cc(NO)n(-c2ccccc2)c(=O)n1-c1ccccc1. The Balaban J connectivity index is 2.36. The topological polar surface area (TPSA) is 76.3 Å². The predicted molar refractivity (Wildman–Crippen MR) is 83.0 cm³/mol. The Morgan fingerprint density at radius 3 is 1.77 bits per heavy atom. The monoisotopic (exact) mass is 295 g/mol. The molecule has 0 fully saturated rings. The van der Waals surface area contributed by atoms with Crippen molar-refractivity contribution in [3.05, 3.63) is 87.6 Å². The maximum atomic E-state index is 12.7. The first-order chi connectivity index (χ1) is 10.7. The summed E-state index contributed by atoms with van der Waals surface area (Å²) in [7, 11) is 0. The van der Waals surface area contributed by atoms with Crippen LogP contribution in [0, 0.1) is 0 Å². The number of rotatable bonds is 3. The van der Waals surface area contributed by atoms with E-state index in [1.165, 1.54) is 10.6 Å². The fourth-order valence-electron chi connectivity index (χ4n) is 2.27. The van der Waals surface area contributed by atoms with E-state index in [-0.39, 0.29) is 5.82 Å². The predicted octanol–water partition coefficient (Wildman–Crippen LogP) is 1.79. The lowest BCUT2D eigenvalue weighted by atomic mass is 10.3. The Labute approximate surface area is 125 Å². The number of nitrogens with one attached hydrogen (secondary N) is 1. The third-order valence-corrected chi connectivity index (χ3v) is 3.25. The molecule has 3 rings (SSSR count). The van der Waals surface area contributed by atoms with Crippen LogP contribution in [-0.4, -0.2) is 14.3 Å². The highest BCUT2D eigenvalue weighted by Gasteiger charge is 2.13. The zero-order valence-electron chi connectivity index (χ0n) is 11.5. The van der Waals surface area contributed by atoms with Crippen molar-refractivity contribution in [1.29, 1.82) is 0 Å². The van der Waals surface area contributed by atoms with Crippen LogP contribution in [0.25, 0.3) is 11.4 Å². The van der Waals surface area contributed by atoms with Crippen molar-refractivity contribution in [2.75, 3.05) is 5.48 Å². The van der Waals surface area contributed by atoms with Gasteiger partial charge in [-0.1, -0.05) is 36.4 Å². The van der Waals surface area contributed by atoms with E-state index in [2.05, 4.69) is 0 Å². The van der Waals surface area contributed by atoms with Crippen LogP contribution in [-0.2, 0) is 0 Å². The summed E-state index contributed by atoms with van der Waals surface area (Å²) < 4.78 is 2.28. The fourth-order valence-corrected chi connectivity index (χ4v) is 2.27. The van der Waals surface area contributed by atoms with E-state index in [1.807, 2.05) is 11.5 Å². The van der Waals surface area contributed by atoms with Crippen LogP contribution in [0.1, 0.15) is 0 Å². The van der Waals surface area contributed by atoms with Crippen molar-refractivity contribution in [2.24, 2.45) is 0 Å². The first-order valence-corrected chi connectivity index (χ1v) is 6.62. The van der Waals surface area contributed by atoms with E-state index < -0.39 is 11.2 Å². The molecular formula is C16H13N3O3. The molecule has 1 aromatic heterocycles. The molecule has 0 amide bonds. The van der Waals surface area contributed by atoms with Gasteiger partial charge in [-0.25, -0.2) is 13.9 Å². The van der Waals surface area contributed by atoms with Crippen LogP contribution in [0.5, 0.6) is 0 Å². The molecule has 0 saturated heterocycles. The summed E-state index contributed by atoms with van der Waals surface area (Å²) in [6.07, 6.45) is 0. The van der Waals surface area contributed by atoms with E-state index in [4.69, 9.17) is 0 Å². The molecule has 22 heavy (non-hydrogen) atoms. The molecule has 0 aliphatic heterocycles. The van der Waals surface area contributed by atoms with Gasteiger partial charge in [0, 0.05) is 6.07 Å². The minimum absolute atomic E-state index is 0.00776. The summed E-state index contributed by atoms with van der Waals surface area (Å²) in [4.78, 5) is 24.9. The van der Waals surface area contributed by atoms with Crippen molar-refractivity contribution < 1.29 is 5.21 Å². The molecule has 0 radical (unpaired) electrons. The van der Waals surface area contributed by atoms with Crippen molar-refractivity contribution in [3.63, 3.8) is 0 Å². The maximum absolute atomic E-state index is 12.7. The van der Waals surface area contributed by atoms with Crippen molar-refractivity contribution in [2.45, 2.75) is 0 Å². The van der Waals surface area contributed by atoms with Gasteiger partial charge in [-0.15, -0.1) is 0 Å². The Hall–Kier alpha value is -3.12. The van der Waals surface area contributed by atoms with Crippen LogP contribution in [0.4, 0.5) is 5.82 Å². The first-order valence-electron chi connectivity index (χ1n) is 6.62. The lowest BCUT2D eigenvalue weighted by Gasteiger charge is -2.14. The molecule has 2 N–H and O–H groups in total. The zero-order chi connectivity index (χ0) is 15.5. The summed E-state index contributed by atoms with van der Waals surface area (Å²) in [5.74, 6) is 0.00776. The Morgan fingerprint density at radius 1 is 0.773 bits per heavy atom. The quantitative estimate of drug-likeness (QED) is 0.722. The first kappa shape index (κ1) is 13.8. The van der Waals surface area contributed by atoms with Crippen molar-refractivity contribution in [3.8, 4) is 11.4 Å². The Bertz CT molecular complexity index is 899. The maximum Gasteiger partial charge on any atom is 0.341 e. The minimum Gasteiger partial charge on any atom is -0.290 e. The Kier molecular flexibility index (Phi) is 3.59. The molecule has 0 unspecified atom stereocenters. The van der Waals surface area contributed by atoms with Crippen LogP contribution in [0.2, 0.25) is 0 Å². The molecule has 2 aromatic carbocycles. The average molecular weight is 295 g/mol. The second kappa shape index (κ2) is 5.71. The zero-order valence-corrected chi connectivity index (χ0v) is 11.5. The van der Waals surface area contributed by atoms with Gasteiger partial charge in [0.25, 0.3) is 5.56 Å². The summed E-state index contributed by atoms with van der Waals surface area (Å²) in [6.45, 7) is 0. The van der Waals surface area contributed by atoms with Crippen LogP contribution in [0.15, 0.2) is 76.3 Å². The number of nitrogens with zero attached hydrogens (tertiary/aromatic N) is 2. The molecule has 0 saturated carbocycles. The summed E-state index contributed by atoms with van der Waals surface area (Å²) in [5, 5.41) is 9.23. The molecule has 1 heterocycles. The smallest absolute Gasteiger partial charge is 0.290 e. The molecule has 6 nitrogen and oxygen atoms in total. The van der Waals surface area contributed by atoms with Gasteiger partial charge < -0.3 is 0 Å². The number of hydrogen-bond acceptors (Lipinski definition) is 4. The second-order valence-electron chi connectivity index (χ2n) is 4.60. The molecule has 0 bridgehead atoms. The normalized spacial score (nSPS) is 10.4. The van der Waals surface area contributed by atoms with E-state index in [0.717, 1.165) is 4.57 Å². The largest absolute Gasteiger partial charge is 0.341 e. The van der Waals surface area contributed by atoms with Gasteiger partial charge in [0.05, 0.1) is 11.4 Å². The van der Waals surface area contributed by atoms with E-state index in [9.17, 15) is 14.8 Å². The minimum atomic E-state index is -0.568. The molecule has 0 spiro atoms. The van der Waals surface area contributed by atoms with Gasteiger partial charge in [0.2, 0.25) is 0 Å². The Morgan fingerprint density at radius 2 is 1.27 bits per heavy atom. The molecular weight excluding hydrogens is 282 g/mol. The van der Waals surface area contributed by atoms with Gasteiger partial charge in [0.15, 0.2) is 0 Å². The standard InChI is InChI=1S/C16H13N3O3/c20-15-11-14(17-22)18(12-7-3-1-4-8-12)16(21)19(15)13-9-5-2-6-10-13/h1-11,17,22H. The molecule has 3 aromatic rings. The molecule has 0 aliphatic rings. The number of para-hydroxylation sites is 2. The highest BCUT2D eigenvalue weighted by atomic mass is 16.5.